The van der Waals surface area contributed by atoms with E-state index in [4.69, 9.17) is 0 Å². The van der Waals surface area contributed by atoms with E-state index in [9.17, 15) is 8.78 Å². The molecule has 0 heterocycles. The van der Waals surface area contributed by atoms with E-state index in [2.05, 4.69) is 12.2 Å². The molecule has 1 aliphatic carbocycles. The Balaban J connectivity index is 2.13. The Kier molecular flexibility index (Phi) is 3.24. The quantitative estimate of drug-likeness (QED) is 0.830. The van der Waals surface area contributed by atoms with Gasteiger partial charge in [-0.05, 0) is 43.9 Å². The highest BCUT2D eigenvalue weighted by molar-refractivity contribution is 5.21. The normalized spacial score (nSPS) is 25.5. The lowest BCUT2D eigenvalue weighted by Gasteiger charge is -2.16. The highest BCUT2D eigenvalue weighted by Crippen LogP contribution is 2.41. The second-order valence-corrected chi connectivity index (χ2v) is 4.68. The second kappa shape index (κ2) is 4.50. The molecule has 1 saturated carbocycles. The fourth-order valence-electron chi connectivity index (χ4n) is 2.33. The number of rotatable bonds is 4. The highest BCUT2D eigenvalue weighted by Gasteiger charge is 2.39. The molecule has 0 bridgehead atoms. The molecule has 3 heteroatoms. The van der Waals surface area contributed by atoms with E-state index in [1.165, 1.54) is 18.2 Å². The minimum absolute atomic E-state index is 0.182. The third kappa shape index (κ3) is 2.24. The van der Waals surface area contributed by atoms with E-state index >= 15 is 0 Å². The lowest BCUT2D eigenvalue weighted by molar-refractivity contribution is 0.454. The summed E-state index contributed by atoms with van der Waals surface area (Å²) < 4.78 is 26.9. The van der Waals surface area contributed by atoms with Crippen LogP contribution >= 0.6 is 0 Å². The summed E-state index contributed by atoms with van der Waals surface area (Å²) in [5.74, 6) is 0.360. The van der Waals surface area contributed by atoms with Crippen molar-refractivity contribution in [3.05, 3.63) is 35.4 Å². The maximum Gasteiger partial charge on any atom is 0.129 e. The van der Waals surface area contributed by atoms with Crippen LogP contribution in [0.15, 0.2) is 18.2 Å². The van der Waals surface area contributed by atoms with Gasteiger partial charge in [0.25, 0.3) is 0 Å². The number of benzene rings is 1. The van der Waals surface area contributed by atoms with Crippen molar-refractivity contribution in [1.29, 1.82) is 0 Å². The molecular formula is C13H17F2N. The van der Waals surface area contributed by atoms with Crippen LogP contribution < -0.4 is 5.32 Å². The maximum absolute atomic E-state index is 13.5. The molecule has 16 heavy (non-hydrogen) atoms. The molecule has 3 unspecified atom stereocenters. The van der Waals surface area contributed by atoms with Crippen molar-refractivity contribution in [2.24, 2.45) is 11.8 Å². The number of hydrogen-bond donors (Lipinski definition) is 1. The van der Waals surface area contributed by atoms with Crippen LogP contribution in [0.3, 0.4) is 0 Å². The molecule has 1 aromatic rings. The average molecular weight is 225 g/mol. The van der Waals surface area contributed by atoms with Crippen LogP contribution in [0.1, 0.15) is 18.9 Å². The molecule has 1 fully saturated rings. The summed E-state index contributed by atoms with van der Waals surface area (Å²) >= 11 is 0. The molecule has 3 atom stereocenters. The van der Waals surface area contributed by atoms with E-state index < -0.39 is 11.6 Å². The molecule has 2 rings (SSSR count). The molecule has 0 saturated heterocycles. The first kappa shape index (κ1) is 11.5. The Labute approximate surface area is 94.9 Å². The van der Waals surface area contributed by atoms with Gasteiger partial charge in [-0.3, -0.25) is 0 Å². The van der Waals surface area contributed by atoms with Gasteiger partial charge >= 0.3 is 0 Å². The number of hydrogen-bond acceptors (Lipinski definition) is 1. The van der Waals surface area contributed by atoms with Gasteiger partial charge in [0.2, 0.25) is 0 Å². The van der Waals surface area contributed by atoms with Crippen LogP contribution in [0.4, 0.5) is 8.78 Å². The molecule has 0 aromatic heterocycles. The minimum atomic E-state index is -0.437. The van der Waals surface area contributed by atoms with Gasteiger partial charge in [0.15, 0.2) is 0 Å². The predicted octanol–water partition coefficient (Wildman–Crippen LogP) is 2.75. The molecule has 0 aliphatic heterocycles. The third-order valence-corrected chi connectivity index (χ3v) is 3.55. The fraction of sp³-hybridized carbons (Fsp3) is 0.538. The van der Waals surface area contributed by atoms with Crippen molar-refractivity contribution in [1.82, 2.24) is 5.32 Å². The van der Waals surface area contributed by atoms with Gasteiger partial charge in [0, 0.05) is 11.6 Å². The van der Waals surface area contributed by atoms with Crippen LogP contribution in [-0.2, 0) is 6.42 Å². The van der Waals surface area contributed by atoms with Crippen LogP contribution in [-0.4, -0.2) is 13.1 Å². The van der Waals surface area contributed by atoms with Crippen molar-refractivity contribution in [3.8, 4) is 0 Å². The number of likely N-dealkylation sites (N-methyl/N-ethyl adjacent to an activating group) is 1. The first-order valence-corrected chi connectivity index (χ1v) is 5.73. The van der Waals surface area contributed by atoms with E-state index in [1.54, 1.807) is 0 Å². The molecular weight excluding hydrogens is 208 g/mol. The zero-order chi connectivity index (χ0) is 11.7. The summed E-state index contributed by atoms with van der Waals surface area (Å²) in [6, 6.07) is 4.23. The number of nitrogens with one attached hydrogen (secondary N) is 1. The van der Waals surface area contributed by atoms with Crippen molar-refractivity contribution >= 4 is 0 Å². The summed E-state index contributed by atoms with van der Waals surface area (Å²) in [4.78, 5) is 0. The zero-order valence-electron chi connectivity index (χ0n) is 9.63. The summed E-state index contributed by atoms with van der Waals surface area (Å²) in [5, 5.41) is 3.16. The molecule has 88 valence electrons. The Morgan fingerprint density at radius 3 is 2.38 bits per heavy atom. The summed E-state index contributed by atoms with van der Waals surface area (Å²) in [5.41, 5.74) is 0.209. The smallest absolute Gasteiger partial charge is 0.129 e. The van der Waals surface area contributed by atoms with E-state index in [-0.39, 0.29) is 11.6 Å². The topological polar surface area (TPSA) is 12.0 Å². The molecule has 1 aliphatic rings. The lowest BCUT2D eigenvalue weighted by atomic mass is 10.0. The fourth-order valence-corrected chi connectivity index (χ4v) is 2.33. The largest absolute Gasteiger partial charge is 0.316 e. The van der Waals surface area contributed by atoms with Crippen LogP contribution in [0.25, 0.3) is 0 Å². The van der Waals surface area contributed by atoms with Crippen molar-refractivity contribution in [3.63, 3.8) is 0 Å². The number of halogens is 2. The van der Waals surface area contributed by atoms with Crippen molar-refractivity contribution in [2.45, 2.75) is 25.8 Å². The molecule has 0 amide bonds. The van der Waals surface area contributed by atoms with Gasteiger partial charge in [-0.15, -0.1) is 0 Å². The van der Waals surface area contributed by atoms with Crippen LogP contribution in [0, 0.1) is 23.5 Å². The Bertz CT molecular complexity index is 358. The van der Waals surface area contributed by atoms with Gasteiger partial charge in [0.1, 0.15) is 11.6 Å². The first-order chi connectivity index (χ1) is 7.63. The van der Waals surface area contributed by atoms with E-state index in [0.29, 0.717) is 18.3 Å². The van der Waals surface area contributed by atoms with Crippen molar-refractivity contribution in [2.75, 3.05) is 7.05 Å². The molecule has 1 aromatic carbocycles. The van der Waals surface area contributed by atoms with E-state index in [1.807, 2.05) is 7.05 Å². The molecule has 0 spiro atoms. The average Bonchev–Trinajstić information content (AvgIpc) is 2.95. The molecule has 1 N–H and O–H groups in total. The predicted molar refractivity (Wildman–Crippen MR) is 60.2 cm³/mol. The Morgan fingerprint density at radius 1 is 1.38 bits per heavy atom. The van der Waals surface area contributed by atoms with Crippen LogP contribution in [0.2, 0.25) is 0 Å². The second-order valence-electron chi connectivity index (χ2n) is 4.68. The van der Waals surface area contributed by atoms with Gasteiger partial charge in [0.05, 0.1) is 0 Å². The molecule has 1 nitrogen and oxygen atoms in total. The first-order valence-electron chi connectivity index (χ1n) is 5.73. The standard InChI is InChI=1S/C13H17F2N/c1-8-6-9(8)13(16-2)7-10-11(14)4-3-5-12(10)15/h3-5,8-9,13,16H,6-7H2,1-2H3. The maximum atomic E-state index is 13.5. The Hall–Kier alpha value is -0.960. The molecule has 0 radical (unpaired) electrons. The van der Waals surface area contributed by atoms with Gasteiger partial charge < -0.3 is 5.32 Å². The van der Waals surface area contributed by atoms with Gasteiger partial charge in [-0.2, -0.15) is 0 Å². The van der Waals surface area contributed by atoms with E-state index in [0.717, 1.165) is 6.42 Å². The minimum Gasteiger partial charge on any atom is -0.316 e. The lowest BCUT2D eigenvalue weighted by Crippen LogP contribution is -2.31. The SMILES string of the molecule is CNC(Cc1c(F)cccc1F)C1CC1C. The van der Waals surface area contributed by atoms with Crippen LogP contribution in [0.5, 0.6) is 0 Å². The third-order valence-electron chi connectivity index (χ3n) is 3.55. The monoisotopic (exact) mass is 225 g/mol. The van der Waals surface area contributed by atoms with Gasteiger partial charge in [-0.1, -0.05) is 13.0 Å². The summed E-state index contributed by atoms with van der Waals surface area (Å²) in [6.45, 7) is 2.17. The van der Waals surface area contributed by atoms with Crippen molar-refractivity contribution < 1.29 is 8.78 Å². The Morgan fingerprint density at radius 2 is 1.94 bits per heavy atom. The summed E-state index contributed by atoms with van der Waals surface area (Å²) in [7, 11) is 1.86. The highest BCUT2D eigenvalue weighted by atomic mass is 19.1. The zero-order valence-corrected chi connectivity index (χ0v) is 9.63. The summed E-state index contributed by atoms with van der Waals surface area (Å²) in [6.07, 6.45) is 1.59. The van der Waals surface area contributed by atoms with Gasteiger partial charge in [-0.25, -0.2) is 8.78 Å².